The highest BCUT2D eigenvalue weighted by molar-refractivity contribution is 7.91. The lowest BCUT2D eigenvalue weighted by atomic mass is 10.3. The zero-order valence-electron chi connectivity index (χ0n) is 13.6. The largest absolute Gasteiger partial charge is 0.310 e. The minimum absolute atomic E-state index is 0.384. The fourth-order valence-electron chi connectivity index (χ4n) is 1.69. The van der Waals surface area contributed by atoms with Gasteiger partial charge >= 0.3 is 0 Å². The zero-order chi connectivity index (χ0) is 16.0. The molecule has 0 bridgehead atoms. The molecule has 0 radical (unpaired) electrons. The first kappa shape index (κ1) is 18.6. The van der Waals surface area contributed by atoms with E-state index < -0.39 is 10.0 Å². The summed E-state index contributed by atoms with van der Waals surface area (Å²) in [6.45, 7) is 10.9. The molecule has 1 rings (SSSR count). The normalized spacial score (nSPS) is 12.5. The highest BCUT2D eigenvalue weighted by Gasteiger charge is 2.18. The number of thiophene rings is 1. The Labute approximate surface area is 132 Å². The molecule has 7 heteroatoms. The zero-order valence-corrected chi connectivity index (χ0v) is 15.2. The van der Waals surface area contributed by atoms with Gasteiger partial charge in [0, 0.05) is 30.6 Å². The van der Waals surface area contributed by atoms with E-state index in [0.29, 0.717) is 29.9 Å². The predicted octanol–water partition coefficient (Wildman–Crippen LogP) is 1.78. The molecule has 0 amide bonds. The molecule has 5 nitrogen and oxygen atoms in total. The molecule has 0 saturated heterocycles. The number of hydrogen-bond acceptors (Lipinski definition) is 5. The van der Waals surface area contributed by atoms with Crippen LogP contribution in [0.4, 0.5) is 0 Å². The molecule has 21 heavy (non-hydrogen) atoms. The topological polar surface area (TPSA) is 61.4 Å². The lowest BCUT2D eigenvalue weighted by molar-refractivity contribution is 0.358. The van der Waals surface area contributed by atoms with Crippen molar-refractivity contribution in [2.24, 2.45) is 0 Å². The molecular formula is C14H27N3O2S2. The van der Waals surface area contributed by atoms with Crippen LogP contribution in [0.1, 0.15) is 31.2 Å². The number of aryl methyl sites for hydroxylation is 1. The summed E-state index contributed by atoms with van der Waals surface area (Å²) in [6.07, 6.45) is 0. The van der Waals surface area contributed by atoms with E-state index in [-0.39, 0.29) is 0 Å². The van der Waals surface area contributed by atoms with E-state index in [0.717, 1.165) is 17.0 Å². The van der Waals surface area contributed by atoms with Crippen LogP contribution in [0.5, 0.6) is 0 Å². The lowest BCUT2D eigenvalue weighted by Gasteiger charge is -2.13. The van der Waals surface area contributed by atoms with Gasteiger partial charge in [-0.15, -0.1) is 11.3 Å². The number of nitrogens with one attached hydrogen (secondary N) is 2. The Morgan fingerprint density at radius 1 is 1.38 bits per heavy atom. The first-order chi connectivity index (χ1) is 9.76. The molecule has 1 aromatic rings. The van der Waals surface area contributed by atoms with E-state index in [4.69, 9.17) is 0 Å². The maximum atomic E-state index is 12.3. The monoisotopic (exact) mass is 333 g/mol. The molecule has 122 valence electrons. The van der Waals surface area contributed by atoms with Crippen LogP contribution in [0.3, 0.4) is 0 Å². The van der Waals surface area contributed by atoms with Crippen LogP contribution >= 0.6 is 11.3 Å². The Kier molecular flexibility index (Phi) is 7.29. The molecule has 0 aliphatic heterocycles. The standard InChI is InChI=1S/C14H27N3O2S2/c1-6-17(5)8-7-16-21(18,19)14-9-12(4)13(20-14)10-15-11(2)3/h9,11,15-16H,6-8,10H2,1-5H3. The number of nitrogens with zero attached hydrogens (tertiary/aromatic N) is 1. The third-order valence-corrected chi connectivity index (χ3v) is 6.43. The second-order valence-electron chi connectivity index (χ2n) is 5.50. The van der Waals surface area contributed by atoms with Gasteiger partial charge in [-0.1, -0.05) is 20.8 Å². The molecule has 0 spiro atoms. The summed E-state index contributed by atoms with van der Waals surface area (Å²) in [6, 6.07) is 2.14. The summed E-state index contributed by atoms with van der Waals surface area (Å²) >= 11 is 1.35. The molecule has 2 N–H and O–H groups in total. The van der Waals surface area contributed by atoms with Gasteiger partial charge < -0.3 is 10.2 Å². The second kappa shape index (κ2) is 8.24. The van der Waals surface area contributed by atoms with Gasteiger partial charge in [0.15, 0.2) is 0 Å². The van der Waals surface area contributed by atoms with Crippen molar-refractivity contribution >= 4 is 21.4 Å². The van der Waals surface area contributed by atoms with Crippen molar-refractivity contribution in [1.82, 2.24) is 14.9 Å². The Bertz CT molecular complexity index is 538. The van der Waals surface area contributed by atoms with Crippen molar-refractivity contribution < 1.29 is 8.42 Å². The third-order valence-electron chi connectivity index (χ3n) is 3.26. The number of likely N-dealkylation sites (N-methyl/N-ethyl adjacent to an activating group) is 1. The Balaban J connectivity index is 2.68. The van der Waals surface area contributed by atoms with Crippen LogP contribution in [0.2, 0.25) is 0 Å². The molecule has 0 saturated carbocycles. The fourth-order valence-corrected chi connectivity index (χ4v) is 4.30. The van der Waals surface area contributed by atoms with Gasteiger partial charge in [-0.25, -0.2) is 13.1 Å². The summed E-state index contributed by atoms with van der Waals surface area (Å²) in [5.74, 6) is 0. The lowest BCUT2D eigenvalue weighted by Crippen LogP contribution is -2.32. The van der Waals surface area contributed by atoms with E-state index in [1.165, 1.54) is 11.3 Å². The second-order valence-corrected chi connectivity index (χ2v) is 8.63. The third kappa shape index (κ3) is 6.04. The summed E-state index contributed by atoms with van der Waals surface area (Å²) < 4.78 is 27.6. The number of hydrogen-bond donors (Lipinski definition) is 2. The highest BCUT2D eigenvalue weighted by atomic mass is 32.2. The van der Waals surface area contributed by atoms with Crippen molar-refractivity contribution in [3.8, 4) is 0 Å². The average molecular weight is 334 g/mol. The number of rotatable bonds is 9. The SMILES string of the molecule is CCN(C)CCNS(=O)(=O)c1cc(C)c(CNC(C)C)s1. The van der Waals surface area contributed by atoms with Crippen LogP contribution in [0, 0.1) is 6.92 Å². The summed E-state index contributed by atoms with van der Waals surface area (Å²) in [5.41, 5.74) is 1.03. The average Bonchev–Trinajstić information content (AvgIpc) is 2.78. The van der Waals surface area contributed by atoms with Crippen molar-refractivity contribution in [2.75, 3.05) is 26.7 Å². The smallest absolute Gasteiger partial charge is 0.250 e. The maximum Gasteiger partial charge on any atom is 0.250 e. The highest BCUT2D eigenvalue weighted by Crippen LogP contribution is 2.25. The van der Waals surface area contributed by atoms with Crippen molar-refractivity contribution in [1.29, 1.82) is 0 Å². The van der Waals surface area contributed by atoms with E-state index in [2.05, 4.69) is 28.8 Å². The van der Waals surface area contributed by atoms with Crippen LogP contribution in [0.25, 0.3) is 0 Å². The van der Waals surface area contributed by atoms with Crippen LogP contribution < -0.4 is 10.0 Å². The van der Waals surface area contributed by atoms with Gasteiger partial charge in [-0.3, -0.25) is 0 Å². The molecule has 0 aliphatic carbocycles. The Morgan fingerprint density at radius 3 is 2.62 bits per heavy atom. The van der Waals surface area contributed by atoms with Gasteiger partial charge in [0.05, 0.1) is 0 Å². The van der Waals surface area contributed by atoms with Crippen LogP contribution in [0.15, 0.2) is 10.3 Å². The van der Waals surface area contributed by atoms with Crippen molar-refractivity contribution in [3.05, 3.63) is 16.5 Å². The predicted molar refractivity (Wildman–Crippen MR) is 89.4 cm³/mol. The van der Waals surface area contributed by atoms with E-state index in [1.807, 2.05) is 20.9 Å². The molecular weight excluding hydrogens is 306 g/mol. The van der Waals surface area contributed by atoms with E-state index in [9.17, 15) is 8.42 Å². The van der Waals surface area contributed by atoms with Crippen molar-refractivity contribution in [2.45, 2.75) is 44.5 Å². The van der Waals surface area contributed by atoms with E-state index >= 15 is 0 Å². The quantitative estimate of drug-likeness (QED) is 0.723. The molecule has 1 aromatic heterocycles. The Hall–Kier alpha value is -0.470. The summed E-state index contributed by atoms with van der Waals surface area (Å²) in [7, 11) is -1.42. The molecule has 1 heterocycles. The molecule has 0 unspecified atom stereocenters. The molecule has 0 fully saturated rings. The maximum absolute atomic E-state index is 12.3. The molecule has 0 aromatic carbocycles. The fraction of sp³-hybridized carbons (Fsp3) is 0.714. The number of sulfonamides is 1. The van der Waals surface area contributed by atoms with Gasteiger partial charge in [0.1, 0.15) is 4.21 Å². The first-order valence-electron chi connectivity index (χ1n) is 7.27. The first-order valence-corrected chi connectivity index (χ1v) is 9.57. The van der Waals surface area contributed by atoms with Gasteiger partial charge in [-0.05, 0) is 32.1 Å². The van der Waals surface area contributed by atoms with Crippen molar-refractivity contribution in [3.63, 3.8) is 0 Å². The minimum atomic E-state index is -3.39. The summed E-state index contributed by atoms with van der Waals surface area (Å²) in [4.78, 5) is 3.15. The Morgan fingerprint density at radius 2 is 2.05 bits per heavy atom. The van der Waals surface area contributed by atoms with Gasteiger partial charge in [0.25, 0.3) is 0 Å². The molecule has 0 atom stereocenters. The van der Waals surface area contributed by atoms with Gasteiger partial charge in [0.2, 0.25) is 10.0 Å². The van der Waals surface area contributed by atoms with Crippen LogP contribution in [-0.2, 0) is 16.6 Å². The van der Waals surface area contributed by atoms with E-state index in [1.54, 1.807) is 6.07 Å². The van der Waals surface area contributed by atoms with Gasteiger partial charge in [-0.2, -0.15) is 0 Å². The summed E-state index contributed by atoms with van der Waals surface area (Å²) in [5, 5.41) is 3.32. The minimum Gasteiger partial charge on any atom is -0.310 e. The molecule has 0 aliphatic rings. The van der Waals surface area contributed by atoms with Crippen LogP contribution in [-0.4, -0.2) is 46.0 Å².